The molecule has 8 heteroatoms. The van der Waals surface area contributed by atoms with E-state index in [1.807, 2.05) is 0 Å². The van der Waals surface area contributed by atoms with Gasteiger partial charge in [0.05, 0.1) is 12.7 Å². The molecule has 0 aromatic rings. The van der Waals surface area contributed by atoms with E-state index in [4.69, 9.17) is 10.6 Å². The van der Waals surface area contributed by atoms with Crippen LogP contribution in [0.15, 0.2) is 0 Å². The van der Waals surface area contributed by atoms with Crippen molar-refractivity contribution in [2.24, 2.45) is 5.84 Å². The molecule has 0 radical (unpaired) electrons. The fourth-order valence-electron chi connectivity index (χ4n) is 1.87. The number of nitrogens with two attached hydrogens (primary N) is 1. The summed E-state index contributed by atoms with van der Waals surface area (Å²) in [7, 11) is 0. The highest BCUT2D eigenvalue weighted by Crippen LogP contribution is 2.23. The summed E-state index contributed by atoms with van der Waals surface area (Å²) in [6.07, 6.45) is -0.239. The summed E-state index contributed by atoms with van der Waals surface area (Å²) in [6, 6.07) is -0.349. The molecule has 1 saturated heterocycles. The molecule has 0 saturated carbocycles. The normalized spacial score (nSPS) is 22.1. The first kappa shape index (κ1) is 16.6. The van der Waals surface area contributed by atoms with Crippen LogP contribution in [0.3, 0.4) is 0 Å². The maximum Gasteiger partial charge on any atom is 0.330 e. The van der Waals surface area contributed by atoms with E-state index in [-0.39, 0.29) is 18.8 Å². The molecule has 0 spiro atoms. The molecule has 4 nitrogen and oxygen atoms in total. The van der Waals surface area contributed by atoms with Crippen LogP contribution >= 0.6 is 0 Å². The first-order chi connectivity index (χ1) is 8.95. The number of hydrazine groups is 1. The molecule has 0 amide bonds. The Bertz CT molecular complexity index is 251. The van der Waals surface area contributed by atoms with Crippen molar-refractivity contribution in [3.05, 3.63) is 0 Å². The highest BCUT2D eigenvalue weighted by Gasteiger charge is 2.41. The Labute approximate surface area is 109 Å². The van der Waals surface area contributed by atoms with Gasteiger partial charge in [-0.1, -0.05) is 0 Å². The molecule has 1 fully saturated rings. The molecule has 19 heavy (non-hydrogen) atoms. The van der Waals surface area contributed by atoms with Gasteiger partial charge in [0.1, 0.15) is 6.61 Å². The Morgan fingerprint density at radius 2 is 2.16 bits per heavy atom. The van der Waals surface area contributed by atoms with E-state index in [0.29, 0.717) is 6.42 Å². The van der Waals surface area contributed by atoms with Crippen molar-refractivity contribution < 1.29 is 27.0 Å². The van der Waals surface area contributed by atoms with Crippen molar-refractivity contribution in [1.82, 2.24) is 5.43 Å². The van der Waals surface area contributed by atoms with Crippen molar-refractivity contribution in [3.8, 4) is 0 Å². The fraction of sp³-hybridized carbons (Fsp3) is 1.00. The topological polar surface area (TPSA) is 56.5 Å². The van der Waals surface area contributed by atoms with Crippen molar-refractivity contribution in [1.29, 1.82) is 0 Å². The third-order valence-electron chi connectivity index (χ3n) is 3.03. The number of hydrogen-bond donors (Lipinski definition) is 2. The predicted octanol–water partition coefficient (Wildman–Crippen LogP) is 1.69. The molecule has 114 valence electrons. The Hall–Kier alpha value is -0.440. The van der Waals surface area contributed by atoms with Crippen molar-refractivity contribution >= 4 is 0 Å². The number of halogens is 4. The SMILES string of the molecule is NNC(CCC1CCCO1)COCC(F)(F)C(F)F. The number of rotatable bonds is 9. The van der Waals surface area contributed by atoms with Gasteiger partial charge >= 0.3 is 12.3 Å². The van der Waals surface area contributed by atoms with Gasteiger partial charge in [0.2, 0.25) is 0 Å². The minimum absolute atomic E-state index is 0.133. The van der Waals surface area contributed by atoms with Gasteiger partial charge in [0.25, 0.3) is 0 Å². The van der Waals surface area contributed by atoms with Gasteiger partial charge < -0.3 is 9.47 Å². The summed E-state index contributed by atoms with van der Waals surface area (Å²) in [5, 5.41) is 0. The van der Waals surface area contributed by atoms with Gasteiger partial charge in [-0.15, -0.1) is 0 Å². The summed E-state index contributed by atoms with van der Waals surface area (Å²) in [6.45, 7) is -0.698. The Morgan fingerprint density at radius 3 is 2.68 bits per heavy atom. The van der Waals surface area contributed by atoms with Gasteiger partial charge in [0.15, 0.2) is 0 Å². The summed E-state index contributed by atoms with van der Waals surface area (Å²) in [5.74, 6) is 1.14. The zero-order valence-electron chi connectivity index (χ0n) is 10.6. The zero-order chi connectivity index (χ0) is 14.3. The minimum atomic E-state index is -4.12. The van der Waals surface area contributed by atoms with Crippen LogP contribution in [0.1, 0.15) is 25.7 Å². The second kappa shape index (κ2) is 7.98. The second-order valence-corrected chi connectivity index (χ2v) is 4.65. The van der Waals surface area contributed by atoms with Gasteiger partial charge in [-0.25, -0.2) is 8.78 Å². The molecule has 1 aliphatic heterocycles. The van der Waals surface area contributed by atoms with E-state index >= 15 is 0 Å². The van der Waals surface area contributed by atoms with Gasteiger partial charge in [-0.2, -0.15) is 8.78 Å². The van der Waals surface area contributed by atoms with Gasteiger partial charge in [-0.05, 0) is 25.7 Å². The molecule has 1 aliphatic rings. The number of ether oxygens (including phenoxy) is 2. The van der Waals surface area contributed by atoms with E-state index < -0.39 is 19.0 Å². The molecule has 0 aliphatic carbocycles. The lowest BCUT2D eigenvalue weighted by Crippen LogP contribution is -2.41. The van der Waals surface area contributed by atoms with Crippen LogP contribution in [0.2, 0.25) is 0 Å². The summed E-state index contributed by atoms with van der Waals surface area (Å²) in [4.78, 5) is 0. The monoisotopic (exact) mass is 288 g/mol. The minimum Gasteiger partial charge on any atom is -0.378 e. The molecular weight excluding hydrogens is 268 g/mol. The van der Waals surface area contributed by atoms with E-state index in [0.717, 1.165) is 25.9 Å². The molecule has 0 aromatic heterocycles. The second-order valence-electron chi connectivity index (χ2n) is 4.65. The summed E-state index contributed by atoms with van der Waals surface area (Å²) < 4.78 is 59.0. The van der Waals surface area contributed by atoms with E-state index in [1.165, 1.54) is 0 Å². The van der Waals surface area contributed by atoms with Crippen LogP contribution in [0.5, 0.6) is 0 Å². The van der Waals surface area contributed by atoms with E-state index in [1.54, 1.807) is 0 Å². The predicted molar refractivity (Wildman–Crippen MR) is 61.1 cm³/mol. The Kier molecular flexibility index (Phi) is 6.98. The molecule has 0 aromatic carbocycles. The molecule has 1 heterocycles. The van der Waals surface area contributed by atoms with Crippen LogP contribution in [-0.2, 0) is 9.47 Å². The average Bonchev–Trinajstić information content (AvgIpc) is 2.86. The number of nitrogens with one attached hydrogen (secondary N) is 1. The summed E-state index contributed by atoms with van der Waals surface area (Å²) in [5.41, 5.74) is 2.43. The van der Waals surface area contributed by atoms with Crippen LogP contribution in [0, 0.1) is 0 Å². The van der Waals surface area contributed by atoms with Crippen molar-refractivity contribution in [3.63, 3.8) is 0 Å². The highest BCUT2D eigenvalue weighted by molar-refractivity contribution is 4.72. The number of alkyl halides is 4. The van der Waals surface area contributed by atoms with Gasteiger partial charge in [0, 0.05) is 12.6 Å². The molecule has 0 bridgehead atoms. The quantitative estimate of drug-likeness (QED) is 0.385. The Morgan fingerprint density at radius 1 is 1.42 bits per heavy atom. The lowest BCUT2D eigenvalue weighted by molar-refractivity contribution is -0.167. The summed E-state index contributed by atoms with van der Waals surface area (Å²) >= 11 is 0. The smallest absolute Gasteiger partial charge is 0.330 e. The third-order valence-corrected chi connectivity index (χ3v) is 3.03. The lowest BCUT2D eigenvalue weighted by atomic mass is 10.1. The van der Waals surface area contributed by atoms with Crippen LogP contribution < -0.4 is 11.3 Å². The lowest BCUT2D eigenvalue weighted by Gasteiger charge is -2.20. The molecule has 1 rings (SSSR count). The maximum atomic E-state index is 12.6. The highest BCUT2D eigenvalue weighted by atomic mass is 19.3. The first-order valence-electron chi connectivity index (χ1n) is 6.27. The van der Waals surface area contributed by atoms with Crippen molar-refractivity contribution in [2.75, 3.05) is 19.8 Å². The van der Waals surface area contributed by atoms with E-state index in [9.17, 15) is 17.6 Å². The maximum absolute atomic E-state index is 12.6. The van der Waals surface area contributed by atoms with Crippen molar-refractivity contribution in [2.45, 2.75) is 50.2 Å². The fourth-order valence-corrected chi connectivity index (χ4v) is 1.87. The molecule has 2 atom stereocenters. The van der Waals surface area contributed by atoms with Crippen LogP contribution in [0.25, 0.3) is 0 Å². The Balaban J connectivity index is 2.17. The standard InChI is InChI=1S/C11H20F4N2O2/c12-10(13)11(14,15)7-18-6-8(17-16)3-4-9-2-1-5-19-9/h8-10,17H,1-7,16H2. The first-order valence-corrected chi connectivity index (χ1v) is 6.27. The largest absolute Gasteiger partial charge is 0.378 e. The third kappa shape index (κ3) is 6.03. The van der Waals surface area contributed by atoms with Crippen LogP contribution in [0.4, 0.5) is 17.6 Å². The van der Waals surface area contributed by atoms with Crippen LogP contribution in [-0.4, -0.2) is 44.3 Å². The average molecular weight is 288 g/mol. The zero-order valence-corrected chi connectivity index (χ0v) is 10.6. The number of hydrogen-bond acceptors (Lipinski definition) is 4. The van der Waals surface area contributed by atoms with E-state index in [2.05, 4.69) is 10.2 Å². The molecule has 3 N–H and O–H groups in total. The molecule has 2 unspecified atom stereocenters. The van der Waals surface area contributed by atoms with Gasteiger partial charge in [-0.3, -0.25) is 11.3 Å². The molecular formula is C11H20F4N2O2.